The molecular weight excluding hydrogens is 240 g/mol. The van der Waals surface area contributed by atoms with Gasteiger partial charge in [-0.25, -0.2) is 4.79 Å². The van der Waals surface area contributed by atoms with Crippen LogP contribution in [-0.2, 0) is 4.74 Å². The van der Waals surface area contributed by atoms with E-state index in [9.17, 15) is 4.79 Å². The van der Waals surface area contributed by atoms with E-state index < -0.39 is 0 Å². The summed E-state index contributed by atoms with van der Waals surface area (Å²) < 4.78 is 5.39. The molecule has 1 aliphatic heterocycles. The third-order valence-electron chi connectivity index (χ3n) is 3.65. The molecule has 0 radical (unpaired) electrons. The summed E-state index contributed by atoms with van der Waals surface area (Å²) in [5.41, 5.74) is 6.81. The Morgan fingerprint density at radius 1 is 1.42 bits per heavy atom. The quantitative estimate of drug-likeness (QED) is 0.667. The Labute approximate surface area is 114 Å². The minimum absolute atomic E-state index is 0.256. The van der Waals surface area contributed by atoms with E-state index in [2.05, 4.69) is 11.8 Å². The Morgan fingerprint density at radius 2 is 2.16 bits per heavy atom. The smallest absolute Gasteiger partial charge is 0.338 e. The van der Waals surface area contributed by atoms with E-state index in [0.29, 0.717) is 23.8 Å². The highest BCUT2D eigenvalue weighted by molar-refractivity contribution is 5.89. The summed E-state index contributed by atoms with van der Waals surface area (Å²) in [6.07, 6.45) is 2.34. The van der Waals surface area contributed by atoms with Crippen LogP contribution in [0.2, 0.25) is 0 Å². The fourth-order valence-electron chi connectivity index (χ4n) is 2.47. The maximum absolute atomic E-state index is 11.9. The van der Waals surface area contributed by atoms with Crippen molar-refractivity contribution in [3.63, 3.8) is 0 Å². The van der Waals surface area contributed by atoms with E-state index in [1.807, 2.05) is 0 Å². The molecule has 19 heavy (non-hydrogen) atoms. The number of hydrogen-bond donors (Lipinski definition) is 1. The average molecular weight is 262 g/mol. The van der Waals surface area contributed by atoms with Gasteiger partial charge in [-0.3, -0.25) is 0 Å². The van der Waals surface area contributed by atoms with Crippen LogP contribution in [-0.4, -0.2) is 37.1 Å². The van der Waals surface area contributed by atoms with Crippen molar-refractivity contribution >= 4 is 11.7 Å². The SMILES string of the molecule is CCN1CCCC(COC(=O)c2ccc(N)cc2)C1. The molecule has 1 atom stereocenters. The van der Waals surface area contributed by atoms with Gasteiger partial charge in [-0.2, -0.15) is 0 Å². The molecule has 0 aliphatic carbocycles. The van der Waals surface area contributed by atoms with Gasteiger partial charge in [0.2, 0.25) is 0 Å². The summed E-state index contributed by atoms with van der Waals surface area (Å²) in [5, 5.41) is 0. The van der Waals surface area contributed by atoms with E-state index in [1.54, 1.807) is 24.3 Å². The number of hydrogen-bond acceptors (Lipinski definition) is 4. The second-order valence-electron chi connectivity index (χ2n) is 5.12. The first kappa shape index (κ1) is 13.9. The van der Waals surface area contributed by atoms with Gasteiger partial charge in [0, 0.05) is 18.2 Å². The van der Waals surface area contributed by atoms with Gasteiger partial charge in [0.25, 0.3) is 0 Å². The van der Waals surface area contributed by atoms with E-state index in [4.69, 9.17) is 10.5 Å². The molecule has 1 heterocycles. The molecule has 0 spiro atoms. The lowest BCUT2D eigenvalue weighted by Gasteiger charge is -2.31. The molecule has 4 heteroatoms. The molecule has 4 nitrogen and oxygen atoms in total. The topological polar surface area (TPSA) is 55.6 Å². The molecule has 2 N–H and O–H groups in total. The first-order valence-corrected chi connectivity index (χ1v) is 6.94. The van der Waals surface area contributed by atoms with Gasteiger partial charge in [0.15, 0.2) is 0 Å². The van der Waals surface area contributed by atoms with Crippen LogP contribution in [0.3, 0.4) is 0 Å². The normalized spacial score (nSPS) is 20.2. The summed E-state index contributed by atoms with van der Waals surface area (Å²) >= 11 is 0. The van der Waals surface area contributed by atoms with Crippen LogP contribution >= 0.6 is 0 Å². The van der Waals surface area contributed by atoms with Crippen LogP contribution in [0.25, 0.3) is 0 Å². The van der Waals surface area contributed by atoms with Crippen molar-refractivity contribution in [1.82, 2.24) is 4.90 Å². The number of carbonyl (C=O) groups is 1. The lowest BCUT2D eigenvalue weighted by atomic mass is 9.99. The van der Waals surface area contributed by atoms with Gasteiger partial charge in [-0.1, -0.05) is 6.92 Å². The van der Waals surface area contributed by atoms with Crippen LogP contribution in [0.5, 0.6) is 0 Å². The van der Waals surface area contributed by atoms with Crippen molar-refractivity contribution in [3.8, 4) is 0 Å². The number of carbonyl (C=O) groups excluding carboxylic acids is 1. The van der Waals surface area contributed by atoms with Gasteiger partial charge in [0.05, 0.1) is 12.2 Å². The number of piperidine rings is 1. The van der Waals surface area contributed by atoms with Gasteiger partial charge in [0.1, 0.15) is 0 Å². The highest BCUT2D eigenvalue weighted by Crippen LogP contribution is 2.17. The molecule has 2 rings (SSSR count). The molecule has 1 saturated heterocycles. The van der Waals surface area contributed by atoms with Gasteiger partial charge < -0.3 is 15.4 Å². The highest BCUT2D eigenvalue weighted by Gasteiger charge is 2.20. The van der Waals surface area contributed by atoms with Gasteiger partial charge >= 0.3 is 5.97 Å². The summed E-state index contributed by atoms with van der Waals surface area (Å²) in [4.78, 5) is 14.3. The Bertz CT molecular complexity index is 417. The maximum atomic E-state index is 11.9. The fraction of sp³-hybridized carbons (Fsp3) is 0.533. The predicted octanol–water partition coefficient (Wildman–Crippen LogP) is 2.16. The molecule has 0 saturated carbocycles. The minimum Gasteiger partial charge on any atom is -0.462 e. The fourth-order valence-corrected chi connectivity index (χ4v) is 2.47. The molecule has 1 fully saturated rings. The number of anilines is 1. The number of nitrogens with two attached hydrogens (primary N) is 1. The molecule has 0 amide bonds. The lowest BCUT2D eigenvalue weighted by molar-refractivity contribution is 0.0358. The van der Waals surface area contributed by atoms with Crippen molar-refractivity contribution in [3.05, 3.63) is 29.8 Å². The lowest BCUT2D eigenvalue weighted by Crippen LogP contribution is -2.37. The number of esters is 1. The van der Waals surface area contributed by atoms with Crippen molar-refractivity contribution < 1.29 is 9.53 Å². The number of ether oxygens (including phenoxy) is 1. The Morgan fingerprint density at radius 3 is 2.84 bits per heavy atom. The summed E-state index contributed by atoms with van der Waals surface area (Å²) in [6.45, 7) is 5.95. The highest BCUT2D eigenvalue weighted by atomic mass is 16.5. The number of likely N-dealkylation sites (tertiary alicyclic amines) is 1. The van der Waals surface area contributed by atoms with Gasteiger partial charge in [-0.15, -0.1) is 0 Å². The van der Waals surface area contributed by atoms with Crippen LogP contribution < -0.4 is 5.73 Å². The van der Waals surface area contributed by atoms with Crippen molar-refractivity contribution in [2.24, 2.45) is 5.92 Å². The van der Waals surface area contributed by atoms with Crippen LogP contribution in [0.4, 0.5) is 5.69 Å². The average Bonchev–Trinajstić information content (AvgIpc) is 2.46. The Hall–Kier alpha value is -1.55. The van der Waals surface area contributed by atoms with Crippen molar-refractivity contribution in [2.75, 3.05) is 32.0 Å². The first-order chi connectivity index (χ1) is 9.19. The molecule has 104 valence electrons. The molecule has 1 unspecified atom stereocenters. The third-order valence-corrected chi connectivity index (χ3v) is 3.65. The second kappa shape index (κ2) is 6.57. The van der Waals surface area contributed by atoms with Crippen LogP contribution in [0, 0.1) is 5.92 Å². The maximum Gasteiger partial charge on any atom is 0.338 e. The Kier molecular flexibility index (Phi) is 4.80. The number of nitrogens with zero attached hydrogens (tertiary/aromatic N) is 1. The van der Waals surface area contributed by atoms with E-state index >= 15 is 0 Å². The first-order valence-electron chi connectivity index (χ1n) is 6.94. The molecule has 1 aliphatic rings. The third kappa shape index (κ3) is 3.96. The standard InChI is InChI=1S/C15H22N2O2/c1-2-17-9-3-4-12(10-17)11-19-15(18)13-5-7-14(16)8-6-13/h5-8,12H,2-4,9-11,16H2,1H3. The largest absolute Gasteiger partial charge is 0.462 e. The summed E-state index contributed by atoms with van der Waals surface area (Å²) in [5.74, 6) is 0.208. The summed E-state index contributed by atoms with van der Waals surface area (Å²) in [7, 11) is 0. The predicted molar refractivity (Wildman–Crippen MR) is 76.0 cm³/mol. The van der Waals surface area contributed by atoms with Crippen molar-refractivity contribution in [1.29, 1.82) is 0 Å². The van der Waals surface area contributed by atoms with Crippen molar-refractivity contribution in [2.45, 2.75) is 19.8 Å². The Balaban J connectivity index is 1.81. The van der Waals surface area contributed by atoms with E-state index in [0.717, 1.165) is 19.5 Å². The summed E-state index contributed by atoms with van der Waals surface area (Å²) in [6, 6.07) is 6.85. The molecular formula is C15H22N2O2. The molecule has 0 bridgehead atoms. The second-order valence-corrected chi connectivity index (χ2v) is 5.12. The zero-order valence-electron chi connectivity index (χ0n) is 11.5. The number of benzene rings is 1. The van der Waals surface area contributed by atoms with Crippen LogP contribution in [0.15, 0.2) is 24.3 Å². The zero-order valence-corrected chi connectivity index (χ0v) is 11.5. The van der Waals surface area contributed by atoms with Crippen LogP contribution in [0.1, 0.15) is 30.1 Å². The van der Waals surface area contributed by atoms with E-state index in [1.165, 1.54) is 13.0 Å². The minimum atomic E-state index is -0.256. The van der Waals surface area contributed by atoms with Gasteiger partial charge in [-0.05, 0) is 50.2 Å². The monoisotopic (exact) mass is 262 g/mol. The molecule has 1 aromatic rings. The molecule has 0 aromatic heterocycles. The molecule has 1 aromatic carbocycles. The number of rotatable bonds is 4. The van der Waals surface area contributed by atoms with E-state index in [-0.39, 0.29) is 5.97 Å². The number of nitrogen functional groups attached to an aromatic ring is 1. The zero-order chi connectivity index (χ0) is 13.7.